The van der Waals surface area contributed by atoms with E-state index in [1.54, 1.807) is 11.0 Å². The Labute approximate surface area is 122 Å². The Kier molecular flexibility index (Phi) is 5.91. The van der Waals surface area contributed by atoms with E-state index in [1.807, 2.05) is 13.8 Å². The number of hydrogen-bond donors (Lipinski definition) is 2. The summed E-state index contributed by atoms with van der Waals surface area (Å²) in [5.74, 6) is -0.644. The minimum atomic E-state index is -0.909. The summed E-state index contributed by atoms with van der Waals surface area (Å²) < 4.78 is 0. The summed E-state index contributed by atoms with van der Waals surface area (Å²) in [7, 11) is 0. The van der Waals surface area contributed by atoms with Gasteiger partial charge in [-0.15, -0.1) is 0 Å². The van der Waals surface area contributed by atoms with E-state index in [9.17, 15) is 9.90 Å². The molecular formula is C13H17Cl2NO3. The quantitative estimate of drug-likeness (QED) is 0.847. The highest BCUT2D eigenvalue weighted by Gasteiger charge is 2.16. The summed E-state index contributed by atoms with van der Waals surface area (Å²) in [6.45, 7) is 4.80. The predicted molar refractivity (Wildman–Crippen MR) is 75.9 cm³/mol. The monoisotopic (exact) mass is 305 g/mol. The number of phenols is 1. The van der Waals surface area contributed by atoms with Crippen molar-refractivity contribution in [3.8, 4) is 5.75 Å². The molecule has 0 aromatic heterocycles. The van der Waals surface area contributed by atoms with Gasteiger partial charge >= 0.3 is 5.97 Å². The summed E-state index contributed by atoms with van der Waals surface area (Å²) in [6.07, 6.45) is 0. The number of rotatable bonds is 6. The highest BCUT2D eigenvalue weighted by atomic mass is 35.5. The second-order valence-electron chi connectivity index (χ2n) is 4.85. The Balaban J connectivity index is 2.92. The van der Waals surface area contributed by atoms with Gasteiger partial charge in [0, 0.05) is 23.7 Å². The Morgan fingerprint density at radius 1 is 1.37 bits per heavy atom. The number of hydrogen-bond acceptors (Lipinski definition) is 3. The fourth-order valence-electron chi connectivity index (χ4n) is 1.87. The topological polar surface area (TPSA) is 60.8 Å². The molecule has 1 aromatic rings. The molecular weight excluding hydrogens is 289 g/mol. The maximum absolute atomic E-state index is 10.8. The van der Waals surface area contributed by atoms with Crippen LogP contribution in [0.5, 0.6) is 5.75 Å². The van der Waals surface area contributed by atoms with Gasteiger partial charge in [0.15, 0.2) is 0 Å². The smallest absolute Gasteiger partial charge is 0.317 e. The lowest BCUT2D eigenvalue weighted by Crippen LogP contribution is -2.32. The molecule has 0 radical (unpaired) electrons. The van der Waals surface area contributed by atoms with Gasteiger partial charge in [0.2, 0.25) is 0 Å². The fraction of sp³-hybridized carbons (Fsp3) is 0.462. The third-order valence-corrected chi connectivity index (χ3v) is 2.99. The lowest BCUT2D eigenvalue weighted by atomic mass is 10.1. The average molecular weight is 306 g/mol. The predicted octanol–water partition coefficient (Wildman–Crippen LogP) is 3.24. The van der Waals surface area contributed by atoms with E-state index in [1.165, 1.54) is 6.07 Å². The number of carboxylic acids is 1. The van der Waals surface area contributed by atoms with Crippen LogP contribution in [-0.2, 0) is 11.3 Å². The van der Waals surface area contributed by atoms with Crippen LogP contribution < -0.4 is 0 Å². The summed E-state index contributed by atoms with van der Waals surface area (Å²) >= 11 is 11.7. The molecule has 0 unspecified atom stereocenters. The van der Waals surface area contributed by atoms with Gasteiger partial charge in [-0.05, 0) is 18.1 Å². The van der Waals surface area contributed by atoms with Crippen LogP contribution in [0.4, 0.5) is 0 Å². The zero-order chi connectivity index (χ0) is 14.6. The Bertz CT molecular complexity index is 463. The molecule has 0 aliphatic heterocycles. The normalized spacial score (nSPS) is 11.3. The second-order valence-corrected chi connectivity index (χ2v) is 5.70. The van der Waals surface area contributed by atoms with E-state index < -0.39 is 5.97 Å². The Morgan fingerprint density at radius 2 is 2.00 bits per heavy atom. The summed E-state index contributed by atoms with van der Waals surface area (Å²) in [6, 6.07) is 3.05. The molecule has 0 spiro atoms. The molecule has 19 heavy (non-hydrogen) atoms. The van der Waals surface area contributed by atoms with Crippen molar-refractivity contribution in [2.24, 2.45) is 5.92 Å². The minimum absolute atomic E-state index is 0.0507. The van der Waals surface area contributed by atoms with Crippen molar-refractivity contribution < 1.29 is 15.0 Å². The average Bonchev–Trinajstić information content (AvgIpc) is 2.23. The van der Waals surface area contributed by atoms with Gasteiger partial charge in [0.1, 0.15) is 5.75 Å². The Hall–Kier alpha value is -0.970. The van der Waals surface area contributed by atoms with Crippen molar-refractivity contribution >= 4 is 29.2 Å². The first kappa shape index (κ1) is 16.1. The molecule has 0 atom stereocenters. The zero-order valence-electron chi connectivity index (χ0n) is 10.9. The van der Waals surface area contributed by atoms with Gasteiger partial charge in [0.05, 0.1) is 11.6 Å². The molecule has 0 amide bonds. The third-order valence-electron chi connectivity index (χ3n) is 2.48. The highest BCUT2D eigenvalue weighted by molar-refractivity contribution is 6.35. The molecule has 106 valence electrons. The highest BCUT2D eigenvalue weighted by Crippen LogP contribution is 2.32. The number of phenolic OH excluding ortho intramolecular Hbond substituents is 1. The van der Waals surface area contributed by atoms with Crippen LogP contribution >= 0.6 is 23.2 Å². The molecule has 0 aliphatic rings. The third kappa shape index (κ3) is 5.27. The van der Waals surface area contributed by atoms with E-state index in [2.05, 4.69) is 0 Å². The van der Waals surface area contributed by atoms with Crippen molar-refractivity contribution in [3.05, 3.63) is 27.7 Å². The van der Waals surface area contributed by atoms with E-state index >= 15 is 0 Å². The van der Waals surface area contributed by atoms with Gasteiger partial charge < -0.3 is 10.2 Å². The lowest BCUT2D eigenvalue weighted by Gasteiger charge is -2.23. The molecule has 4 nitrogen and oxygen atoms in total. The molecule has 1 aromatic carbocycles. The summed E-state index contributed by atoms with van der Waals surface area (Å²) in [5, 5.41) is 19.4. The van der Waals surface area contributed by atoms with Crippen LogP contribution in [0.3, 0.4) is 0 Å². The number of carbonyl (C=O) groups is 1. The largest absolute Gasteiger partial charge is 0.506 e. The van der Waals surface area contributed by atoms with Gasteiger partial charge in [-0.1, -0.05) is 37.0 Å². The lowest BCUT2D eigenvalue weighted by molar-refractivity contribution is -0.138. The molecule has 0 heterocycles. The van der Waals surface area contributed by atoms with E-state index in [0.717, 1.165) is 0 Å². The van der Waals surface area contributed by atoms with Crippen molar-refractivity contribution in [1.29, 1.82) is 0 Å². The molecule has 1 rings (SSSR count). The zero-order valence-corrected chi connectivity index (χ0v) is 12.4. The molecule has 0 fully saturated rings. The molecule has 0 bridgehead atoms. The van der Waals surface area contributed by atoms with Crippen molar-refractivity contribution in [2.45, 2.75) is 20.4 Å². The number of halogens is 2. The summed E-state index contributed by atoms with van der Waals surface area (Å²) in [5.41, 5.74) is 0.527. The first-order chi connectivity index (χ1) is 8.79. The Morgan fingerprint density at radius 3 is 2.53 bits per heavy atom. The minimum Gasteiger partial charge on any atom is -0.506 e. The maximum Gasteiger partial charge on any atom is 0.317 e. The van der Waals surface area contributed by atoms with Gasteiger partial charge in [-0.2, -0.15) is 0 Å². The number of aromatic hydroxyl groups is 1. The molecule has 0 saturated heterocycles. The molecule has 0 saturated carbocycles. The first-order valence-corrected chi connectivity index (χ1v) is 6.66. The van der Waals surface area contributed by atoms with Crippen molar-refractivity contribution in [2.75, 3.05) is 13.1 Å². The first-order valence-electron chi connectivity index (χ1n) is 5.90. The number of carboxylic acid groups (broad SMARTS) is 1. The molecule has 2 N–H and O–H groups in total. The van der Waals surface area contributed by atoms with E-state index in [0.29, 0.717) is 23.0 Å². The van der Waals surface area contributed by atoms with Crippen LogP contribution in [0, 0.1) is 5.92 Å². The summed E-state index contributed by atoms with van der Waals surface area (Å²) in [4.78, 5) is 12.6. The van der Waals surface area contributed by atoms with Crippen LogP contribution in [0.1, 0.15) is 19.4 Å². The van der Waals surface area contributed by atoms with Crippen molar-refractivity contribution in [1.82, 2.24) is 4.90 Å². The van der Waals surface area contributed by atoms with Crippen LogP contribution in [0.15, 0.2) is 12.1 Å². The standard InChI is InChI=1S/C13H17Cl2NO3/c1-8(2)5-16(7-12(17)18)6-9-3-10(14)4-11(15)13(9)19/h3-4,8,19H,5-7H2,1-2H3,(H,17,18). The van der Waals surface area contributed by atoms with Gasteiger partial charge in [0.25, 0.3) is 0 Å². The number of benzene rings is 1. The maximum atomic E-state index is 10.8. The van der Waals surface area contributed by atoms with Crippen LogP contribution in [0.2, 0.25) is 10.0 Å². The van der Waals surface area contributed by atoms with Crippen molar-refractivity contribution in [3.63, 3.8) is 0 Å². The van der Waals surface area contributed by atoms with Gasteiger partial charge in [-0.3, -0.25) is 9.69 Å². The second kappa shape index (κ2) is 6.98. The number of nitrogens with zero attached hydrogens (tertiary/aromatic N) is 1. The SMILES string of the molecule is CC(C)CN(CC(=O)O)Cc1cc(Cl)cc(Cl)c1O. The molecule has 0 aliphatic carbocycles. The fourth-order valence-corrected chi connectivity index (χ4v) is 2.41. The van der Waals surface area contributed by atoms with Gasteiger partial charge in [-0.25, -0.2) is 0 Å². The van der Waals surface area contributed by atoms with E-state index in [-0.39, 0.29) is 23.9 Å². The number of aliphatic carboxylic acids is 1. The van der Waals surface area contributed by atoms with Crippen LogP contribution in [0.25, 0.3) is 0 Å². The van der Waals surface area contributed by atoms with Crippen LogP contribution in [-0.4, -0.2) is 34.2 Å². The molecule has 6 heteroatoms. The van der Waals surface area contributed by atoms with E-state index in [4.69, 9.17) is 28.3 Å².